The Morgan fingerprint density at radius 1 is 1.37 bits per heavy atom. The van der Waals surface area contributed by atoms with Gasteiger partial charge >= 0.3 is 5.97 Å². The molecule has 0 amide bonds. The molecule has 2 unspecified atom stereocenters. The predicted molar refractivity (Wildman–Crippen MR) is 76.3 cm³/mol. The molecular formula is C15H28N2O2. The molecule has 2 aliphatic rings. The van der Waals surface area contributed by atoms with Gasteiger partial charge in [0.2, 0.25) is 0 Å². The molecule has 2 N–H and O–H groups in total. The van der Waals surface area contributed by atoms with Crippen molar-refractivity contribution in [1.29, 1.82) is 0 Å². The van der Waals surface area contributed by atoms with Gasteiger partial charge in [-0.25, -0.2) is 0 Å². The van der Waals surface area contributed by atoms with E-state index in [1.165, 1.54) is 19.3 Å². The smallest absolute Gasteiger partial charge is 0.323 e. The summed E-state index contributed by atoms with van der Waals surface area (Å²) >= 11 is 0. The fourth-order valence-corrected chi connectivity index (χ4v) is 3.62. The molecule has 2 atom stereocenters. The summed E-state index contributed by atoms with van der Waals surface area (Å²) in [6, 6.07) is 0.421. The van der Waals surface area contributed by atoms with Crippen LogP contribution in [-0.2, 0) is 4.79 Å². The van der Waals surface area contributed by atoms with Crippen LogP contribution >= 0.6 is 0 Å². The second-order valence-corrected chi connectivity index (χ2v) is 6.40. The molecule has 0 bridgehead atoms. The summed E-state index contributed by atoms with van der Waals surface area (Å²) in [7, 11) is 2.17. The van der Waals surface area contributed by atoms with E-state index in [-0.39, 0.29) is 0 Å². The first-order valence-electron chi connectivity index (χ1n) is 7.76. The SMILES string of the molecule is CCNC1(C(=O)O)CCCC(N(C)CC2CCC2)C1. The zero-order valence-electron chi connectivity index (χ0n) is 12.3. The molecule has 4 nitrogen and oxygen atoms in total. The number of hydrogen-bond acceptors (Lipinski definition) is 3. The fourth-order valence-electron chi connectivity index (χ4n) is 3.62. The van der Waals surface area contributed by atoms with E-state index < -0.39 is 11.5 Å². The molecule has 0 aromatic carbocycles. The van der Waals surface area contributed by atoms with Crippen molar-refractivity contribution in [2.45, 2.75) is 63.5 Å². The van der Waals surface area contributed by atoms with Gasteiger partial charge in [0.25, 0.3) is 0 Å². The van der Waals surface area contributed by atoms with Gasteiger partial charge in [-0.15, -0.1) is 0 Å². The van der Waals surface area contributed by atoms with Crippen LogP contribution in [0.2, 0.25) is 0 Å². The Balaban J connectivity index is 1.95. The molecule has 4 heteroatoms. The molecule has 0 aromatic rings. The number of carboxylic acids is 1. The largest absolute Gasteiger partial charge is 0.480 e. The Labute approximate surface area is 116 Å². The van der Waals surface area contributed by atoms with E-state index in [4.69, 9.17) is 0 Å². The number of nitrogens with zero attached hydrogens (tertiary/aromatic N) is 1. The van der Waals surface area contributed by atoms with Crippen molar-refractivity contribution in [3.63, 3.8) is 0 Å². The van der Waals surface area contributed by atoms with Gasteiger partial charge in [-0.2, -0.15) is 0 Å². The normalized spacial score (nSPS) is 32.3. The zero-order valence-corrected chi connectivity index (χ0v) is 12.3. The molecule has 19 heavy (non-hydrogen) atoms. The van der Waals surface area contributed by atoms with Crippen LogP contribution in [0.15, 0.2) is 0 Å². The van der Waals surface area contributed by atoms with Crippen LogP contribution in [0.5, 0.6) is 0 Å². The lowest BCUT2D eigenvalue weighted by molar-refractivity contribution is -0.147. The standard InChI is InChI=1S/C15H28N2O2/c1-3-16-15(14(18)19)9-5-8-13(10-15)17(2)11-12-6-4-7-12/h12-13,16H,3-11H2,1-2H3,(H,18,19). The summed E-state index contributed by atoms with van der Waals surface area (Å²) in [5, 5.41) is 12.8. The highest BCUT2D eigenvalue weighted by atomic mass is 16.4. The maximum Gasteiger partial charge on any atom is 0.323 e. The maximum absolute atomic E-state index is 11.6. The number of aliphatic carboxylic acids is 1. The number of likely N-dealkylation sites (N-methyl/N-ethyl adjacent to an activating group) is 1. The van der Waals surface area contributed by atoms with E-state index in [0.717, 1.165) is 44.7 Å². The van der Waals surface area contributed by atoms with Crippen molar-refractivity contribution in [2.75, 3.05) is 20.1 Å². The summed E-state index contributed by atoms with van der Waals surface area (Å²) in [6.07, 6.45) is 7.76. The average molecular weight is 268 g/mol. The van der Waals surface area contributed by atoms with Crippen LogP contribution in [0, 0.1) is 5.92 Å². The van der Waals surface area contributed by atoms with E-state index in [1.807, 2.05) is 6.92 Å². The van der Waals surface area contributed by atoms with Crippen molar-refractivity contribution in [3.05, 3.63) is 0 Å². The molecule has 0 radical (unpaired) electrons. The highest BCUT2D eigenvalue weighted by molar-refractivity contribution is 5.79. The van der Waals surface area contributed by atoms with E-state index in [0.29, 0.717) is 6.04 Å². The Bertz CT molecular complexity index is 313. The Morgan fingerprint density at radius 2 is 2.11 bits per heavy atom. The van der Waals surface area contributed by atoms with Crippen molar-refractivity contribution in [3.8, 4) is 0 Å². The lowest BCUT2D eigenvalue weighted by Gasteiger charge is -2.43. The topological polar surface area (TPSA) is 52.6 Å². The third-order valence-electron chi connectivity index (χ3n) is 5.04. The fraction of sp³-hybridized carbons (Fsp3) is 0.933. The molecule has 0 heterocycles. The molecule has 2 fully saturated rings. The molecule has 2 saturated carbocycles. The number of rotatable bonds is 6. The number of carboxylic acid groups (broad SMARTS) is 1. The molecule has 0 spiro atoms. The quantitative estimate of drug-likeness (QED) is 0.774. The lowest BCUT2D eigenvalue weighted by Crippen LogP contribution is -2.58. The Morgan fingerprint density at radius 3 is 2.63 bits per heavy atom. The van der Waals surface area contributed by atoms with Crippen molar-refractivity contribution < 1.29 is 9.90 Å². The van der Waals surface area contributed by atoms with Crippen molar-refractivity contribution >= 4 is 5.97 Å². The minimum Gasteiger partial charge on any atom is -0.480 e. The lowest BCUT2D eigenvalue weighted by atomic mass is 9.77. The molecule has 2 aliphatic carbocycles. The molecular weight excluding hydrogens is 240 g/mol. The van der Waals surface area contributed by atoms with Crippen LogP contribution in [-0.4, -0.2) is 47.7 Å². The number of carbonyl (C=O) groups is 1. The zero-order chi connectivity index (χ0) is 13.9. The Kier molecular flexibility index (Phi) is 4.85. The van der Waals surface area contributed by atoms with E-state index in [1.54, 1.807) is 0 Å². The number of hydrogen-bond donors (Lipinski definition) is 2. The van der Waals surface area contributed by atoms with Crippen LogP contribution in [0.3, 0.4) is 0 Å². The number of nitrogens with one attached hydrogen (secondary N) is 1. The van der Waals surface area contributed by atoms with Crippen molar-refractivity contribution in [2.24, 2.45) is 5.92 Å². The second kappa shape index (κ2) is 6.23. The Hall–Kier alpha value is -0.610. The van der Waals surface area contributed by atoms with Crippen LogP contribution in [0.25, 0.3) is 0 Å². The monoisotopic (exact) mass is 268 g/mol. The highest BCUT2D eigenvalue weighted by Gasteiger charge is 2.43. The third-order valence-corrected chi connectivity index (χ3v) is 5.04. The summed E-state index contributed by atoms with van der Waals surface area (Å²) in [5.41, 5.74) is -0.689. The van der Waals surface area contributed by atoms with Crippen LogP contribution in [0.4, 0.5) is 0 Å². The molecule has 110 valence electrons. The van der Waals surface area contributed by atoms with Gasteiger partial charge in [-0.05, 0) is 58.0 Å². The van der Waals surface area contributed by atoms with Gasteiger partial charge in [0, 0.05) is 12.6 Å². The first-order valence-corrected chi connectivity index (χ1v) is 7.76. The van der Waals surface area contributed by atoms with Gasteiger partial charge in [-0.3, -0.25) is 4.79 Å². The van der Waals surface area contributed by atoms with E-state index in [2.05, 4.69) is 17.3 Å². The minimum atomic E-state index is -0.689. The summed E-state index contributed by atoms with van der Waals surface area (Å²) in [4.78, 5) is 14.1. The summed E-state index contributed by atoms with van der Waals surface area (Å²) in [6.45, 7) is 3.87. The van der Waals surface area contributed by atoms with E-state index >= 15 is 0 Å². The molecule has 2 rings (SSSR count). The van der Waals surface area contributed by atoms with Gasteiger partial charge in [0.1, 0.15) is 5.54 Å². The van der Waals surface area contributed by atoms with Gasteiger partial charge in [0.05, 0.1) is 0 Å². The van der Waals surface area contributed by atoms with Gasteiger partial charge in [0.15, 0.2) is 0 Å². The molecule has 0 saturated heterocycles. The molecule has 0 aromatic heterocycles. The first-order chi connectivity index (χ1) is 9.07. The first kappa shape index (κ1) is 14.8. The summed E-state index contributed by atoms with van der Waals surface area (Å²) < 4.78 is 0. The molecule has 0 aliphatic heterocycles. The van der Waals surface area contributed by atoms with Gasteiger partial charge < -0.3 is 15.3 Å². The van der Waals surface area contributed by atoms with Crippen molar-refractivity contribution in [1.82, 2.24) is 10.2 Å². The van der Waals surface area contributed by atoms with Gasteiger partial charge in [-0.1, -0.05) is 13.3 Å². The van der Waals surface area contributed by atoms with Crippen LogP contribution in [0.1, 0.15) is 51.9 Å². The highest BCUT2D eigenvalue weighted by Crippen LogP contribution is 2.33. The minimum absolute atomic E-state index is 0.421. The summed E-state index contributed by atoms with van der Waals surface area (Å²) in [5.74, 6) is 0.182. The predicted octanol–water partition coefficient (Wildman–Crippen LogP) is 2.09. The maximum atomic E-state index is 11.6. The third kappa shape index (κ3) is 3.29. The second-order valence-electron chi connectivity index (χ2n) is 6.40. The van der Waals surface area contributed by atoms with E-state index in [9.17, 15) is 9.90 Å². The van der Waals surface area contributed by atoms with Crippen LogP contribution < -0.4 is 5.32 Å². The average Bonchev–Trinajstić information content (AvgIpc) is 2.34.